The summed E-state index contributed by atoms with van der Waals surface area (Å²) in [5, 5.41) is 5.67. The van der Waals surface area contributed by atoms with E-state index in [0.29, 0.717) is 43.4 Å². The molecule has 0 saturated carbocycles. The molecule has 0 bridgehead atoms. The number of carbonyl (C=O) groups is 5. The van der Waals surface area contributed by atoms with Crippen LogP contribution in [0.3, 0.4) is 0 Å². The lowest BCUT2D eigenvalue weighted by Gasteiger charge is -2.29. The van der Waals surface area contributed by atoms with Crippen LogP contribution >= 0.6 is 7.60 Å². The van der Waals surface area contributed by atoms with E-state index in [2.05, 4.69) is 10.6 Å². The highest BCUT2D eigenvalue weighted by atomic mass is 31.2. The third-order valence-electron chi connectivity index (χ3n) is 9.22. The number of alkyl halides is 2. The number of unbranched alkanes of at least 4 members (excludes halogenated alkanes) is 1. The number of hydrogen-bond donors (Lipinski definition) is 3. The fourth-order valence-corrected chi connectivity index (χ4v) is 7.24. The number of allylic oxidation sites excluding steroid dienone is 1. The van der Waals surface area contributed by atoms with E-state index in [-0.39, 0.29) is 35.8 Å². The van der Waals surface area contributed by atoms with E-state index in [9.17, 15) is 28.5 Å². The summed E-state index contributed by atoms with van der Waals surface area (Å²) in [5.41, 5.74) is -0.634. The summed E-state index contributed by atoms with van der Waals surface area (Å²) in [6.45, 7) is 18.0. The number of rotatable bonds is 21. The average molecular weight is 843 g/mol. The van der Waals surface area contributed by atoms with Crippen molar-refractivity contribution in [3.05, 3.63) is 41.5 Å². The number of ether oxygens (including phenoxy) is 2. The van der Waals surface area contributed by atoms with Gasteiger partial charge in [-0.05, 0) is 75.8 Å². The Morgan fingerprint density at radius 3 is 2.16 bits per heavy atom. The van der Waals surface area contributed by atoms with Gasteiger partial charge in [-0.3, -0.25) is 37.6 Å². The maximum absolute atomic E-state index is 16.0. The van der Waals surface area contributed by atoms with Gasteiger partial charge < -0.3 is 30.7 Å². The maximum atomic E-state index is 16.0. The van der Waals surface area contributed by atoms with Crippen LogP contribution in [0.15, 0.2) is 30.3 Å². The second-order valence-electron chi connectivity index (χ2n) is 18.0. The predicted molar refractivity (Wildman–Crippen MR) is 216 cm³/mol. The molecule has 328 valence electrons. The number of nitrogens with one attached hydrogen (secondary N) is 2. The molecule has 1 fully saturated rings. The Balaban J connectivity index is 2.28. The Bertz CT molecular complexity index is 1670. The molecule has 17 heteroatoms. The molecule has 1 aliphatic heterocycles. The van der Waals surface area contributed by atoms with Gasteiger partial charge >= 0.3 is 19.2 Å². The molecule has 14 nitrogen and oxygen atoms in total. The first kappa shape index (κ1) is 50.4. The van der Waals surface area contributed by atoms with Gasteiger partial charge in [0.05, 0.1) is 12.0 Å². The van der Waals surface area contributed by atoms with Crippen LogP contribution in [0.2, 0.25) is 0 Å². The van der Waals surface area contributed by atoms with Gasteiger partial charge in [-0.1, -0.05) is 78.6 Å². The summed E-state index contributed by atoms with van der Waals surface area (Å²) in [4.78, 5) is 65.8. The molecule has 2 rings (SSSR count). The number of nitrogens with two attached hydrogens (primary N) is 1. The minimum atomic E-state index is -5.37. The molecular weight excluding hydrogens is 777 g/mol. The van der Waals surface area contributed by atoms with Gasteiger partial charge in [0, 0.05) is 30.6 Å². The molecule has 1 saturated heterocycles. The quantitative estimate of drug-likeness (QED) is 0.0382. The number of primary amides is 1. The molecule has 4 atom stereocenters. The summed E-state index contributed by atoms with van der Waals surface area (Å²) < 4.78 is 66.0. The highest BCUT2D eigenvalue weighted by Gasteiger charge is 2.56. The standard InChI is InChI=1S/C41H65F2N4O10P/c1-12-13-14-31(36(51)47-23-40(10,11)22-32(47)35(50)45-28(3)15-20-33(44)48)46-34(49)21-27(2)29-16-18-30(19-17-29)41(42,43)58(53,56-25-54-24-38(4,5)6)57-26-55-37(52)39(7,8)9/h16-19,21,28,31-32H,12-15,20,22-26H2,1-11H3,(H2,44,48)(H,45,50)(H,46,49). The fourth-order valence-electron chi connectivity index (χ4n) is 5.98. The third-order valence-corrected chi connectivity index (χ3v) is 11.1. The Morgan fingerprint density at radius 1 is 1.00 bits per heavy atom. The van der Waals surface area contributed by atoms with Gasteiger partial charge in [-0.15, -0.1) is 0 Å². The van der Waals surface area contributed by atoms with Crippen molar-refractivity contribution >= 4 is 42.8 Å². The molecule has 58 heavy (non-hydrogen) atoms. The Hall–Kier alpha value is -3.72. The summed E-state index contributed by atoms with van der Waals surface area (Å²) in [6.07, 6.45) is 3.78. The van der Waals surface area contributed by atoms with Gasteiger partial charge in [-0.25, -0.2) is 0 Å². The van der Waals surface area contributed by atoms with Crippen LogP contribution in [0.1, 0.15) is 126 Å². The van der Waals surface area contributed by atoms with E-state index in [4.69, 9.17) is 24.3 Å². The van der Waals surface area contributed by atoms with E-state index in [0.717, 1.165) is 18.6 Å². The van der Waals surface area contributed by atoms with Crippen LogP contribution in [-0.4, -0.2) is 79.4 Å². The number of esters is 1. The molecule has 0 spiro atoms. The van der Waals surface area contributed by atoms with Gasteiger partial charge in [0.25, 0.3) is 0 Å². The molecule has 4 amide bonds. The van der Waals surface area contributed by atoms with E-state index in [1.807, 2.05) is 41.5 Å². The van der Waals surface area contributed by atoms with Gasteiger partial charge in [-0.2, -0.15) is 8.78 Å². The molecule has 1 aliphatic rings. The third kappa shape index (κ3) is 15.5. The predicted octanol–water partition coefficient (Wildman–Crippen LogP) is 7.00. The second-order valence-corrected chi connectivity index (χ2v) is 20.1. The minimum absolute atomic E-state index is 0.104. The number of hydrogen-bond acceptors (Lipinski definition) is 10. The minimum Gasteiger partial charge on any atom is -0.438 e. The number of benzene rings is 1. The zero-order valence-corrected chi connectivity index (χ0v) is 36.9. The van der Waals surface area contributed by atoms with Crippen LogP contribution < -0.4 is 16.4 Å². The summed E-state index contributed by atoms with van der Waals surface area (Å²) in [6, 6.07) is 2.57. The lowest BCUT2D eigenvalue weighted by molar-refractivity contribution is -0.161. The van der Waals surface area contributed by atoms with E-state index in [1.165, 1.54) is 23.1 Å². The molecule has 4 N–H and O–H groups in total. The number of carbonyl (C=O) groups excluding carboxylic acids is 5. The lowest BCUT2D eigenvalue weighted by atomic mass is 9.90. The number of amides is 4. The topological polar surface area (TPSA) is 193 Å². The van der Waals surface area contributed by atoms with Gasteiger partial charge in [0.15, 0.2) is 6.79 Å². The van der Waals surface area contributed by atoms with E-state index in [1.54, 1.807) is 34.6 Å². The Labute approximate surface area is 342 Å². The first-order valence-corrected chi connectivity index (χ1v) is 21.2. The van der Waals surface area contributed by atoms with Crippen LogP contribution in [0, 0.1) is 16.2 Å². The molecule has 0 aliphatic carbocycles. The fraction of sp³-hybridized carbons (Fsp3) is 0.683. The van der Waals surface area contributed by atoms with Crippen molar-refractivity contribution in [2.75, 3.05) is 26.7 Å². The monoisotopic (exact) mass is 842 g/mol. The molecule has 1 aromatic carbocycles. The summed E-state index contributed by atoms with van der Waals surface area (Å²) in [5.74, 6) is -2.60. The largest absolute Gasteiger partial charge is 0.438 e. The first-order valence-electron chi connectivity index (χ1n) is 19.6. The van der Waals surface area contributed by atoms with Crippen molar-refractivity contribution in [3.8, 4) is 0 Å². The van der Waals surface area contributed by atoms with Crippen molar-refractivity contribution in [2.24, 2.45) is 22.0 Å². The summed E-state index contributed by atoms with van der Waals surface area (Å²) >= 11 is 0. The molecule has 4 unspecified atom stereocenters. The number of nitrogens with zero attached hydrogens (tertiary/aromatic N) is 1. The Morgan fingerprint density at radius 2 is 1.60 bits per heavy atom. The first-order chi connectivity index (χ1) is 26.6. The van der Waals surface area contributed by atoms with Crippen molar-refractivity contribution in [2.45, 2.75) is 138 Å². The van der Waals surface area contributed by atoms with Crippen molar-refractivity contribution in [3.63, 3.8) is 0 Å². The van der Waals surface area contributed by atoms with Crippen molar-refractivity contribution < 1.29 is 55.8 Å². The highest BCUT2D eigenvalue weighted by Crippen LogP contribution is 2.67. The zero-order chi connectivity index (χ0) is 44.3. The van der Waals surface area contributed by atoms with E-state index >= 15 is 8.78 Å². The zero-order valence-electron chi connectivity index (χ0n) is 36.0. The van der Waals surface area contributed by atoms with Crippen LogP contribution in [0.4, 0.5) is 8.78 Å². The number of halogens is 2. The lowest BCUT2D eigenvalue weighted by Crippen LogP contribution is -2.54. The normalized spacial score (nSPS) is 18.2. The SMILES string of the molecule is CCCCC(NC(=O)C=C(C)c1ccc(C(F)(F)P(=O)(OCOCC(C)(C)C)OCOC(=O)C(C)(C)C)cc1)C(=O)N1CC(C)(C)CC1C(=O)NC(C)CCC(N)=O. The molecular formula is C41H65F2N4O10P. The number of likely N-dealkylation sites (tertiary alicyclic amines) is 1. The highest BCUT2D eigenvalue weighted by molar-refractivity contribution is 7.54. The van der Waals surface area contributed by atoms with Crippen LogP contribution in [-0.2, 0) is 52.7 Å². The maximum Gasteiger partial charge on any atom is 0.409 e. The summed E-state index contributed by atoms with van der Waals surface area (Å²) in [7, 11) is -5.37. The molecule has 1 heterocycles. The smallest absolute Gasteiger partial charge is 0.409 e. The van der Waals surface area contributed by atoms with Gasteiger partial charge in [0.1, 0.15) is 12.1 Å². The average Bonchev–Trinajstić information content (AvgIpc) is 3.45. The molecule has 0 aromatic heterocycles. The second kappa shape index (κ2) is 21.0. The van der Waals surface area contributed by atoms with Crippen LogP contribution in [0.5, 0.6) is 0 Å². The molecule has 1 aromatic rings. The van der Waals surface area contributed by atoms with Gasteiger partial charge in [0.2, 0.25) is 30.4 Å². The van der Waals surface area contributed by atoms with Crippen molar-refractivity contribution in [1.29, 1.82) is 0 Å². The Kier molecular flexibility index (Phi) is 18.3. The molecule has 0 radical (unpaired) electrons. The van der Waals surface area contributed by atoms with Crippen molar-refractivity contribution in [1.82, 2.24) is 15.5 Å². The van der Waals surface area contributed by atoms with E-state index < -0.39 is 73.6 Å². The van der Waals surface area contributed by atoms with Crippen LogP contribution in [0.25, 0.3) is 5.57 Å².